The first-order valence-electron chi connectivity index (χ1n) is 6.01. The fraction of sp³-hybridized carbons (Fsp3) is 0.571. The summed E-state index contributed by atoms with van der Waals surface area (Å²) in [6.45, 7) is 9.00. The van der Waals surface area contributed by atoms with Gasteiger partial charge in [0.05, 0.1) is 6.10 Å². The van der Waals surface area contributed by atoms with Crippen molar-refractivity contribution < 1.29 is 5.11 Å². The molecule has 0 aliphatic rings. The average molecular weight is 221 g/mol. The van der Waals surface area contributed by atoms with Crippen LogP contribution in [0.15, 0.2) is 24.3 Å². The van der Waals surface area contributed by atoms with Crippen molar-refractivity contribution in [3.8, 4) is 0 Å². The Morgan fingerprint density at radius 3 is 2.06 bits per heavy atom. The van der Waals surface area contributed by atoms with Gasteiger partial charge in [0.15, 0.2) is 0 Å². The van der Waals surface area contributed by atoms with Crippen LogP contribution in [0.1, 0.15) is 44.7 Å². The summed E-state index contributed by atoms with van der Waals surface area (Å²) < 4.78 is 0. The Morgan fingerprint density at radius 1 is 1.06 bits per heavy atom. The van der Waals surface area contributed by atoms with Gasteiger partial charge in [0.25, 0.3) is 0 Å². The standard InChI is InChI=1S/C14H23NO/c1-10(2)14-7-5-13(6-8-14)9-15-11(3)12(4)16/h5-8,10-12,15-16H,9H2,1-4H3. The monoisotopic (exact) mass is 221 g/mol. The van der Waals surface area contributed by atoms with E-state index in [9.17, 15) is 5.11 Å². The fourth-order valence-electron chi connectivity index (χ4n) is 1.47. The molecule has 0 radical (unpaired) electrons. The van der Waals surface area contributed by atoms with Gasteiger partial charge in [0, 0.05) is 12.6 Å². The SMILES string of the molecule is CC(C)c1ccc(CNC(C)C(C)O)cc1. The molecule has 16 heavy (non-hydrogen) atoms. The fourth-order valence-corrected chi connectivity index (χ4v) is 1.47. The Balaban J connectivity index is 2.49. The number of aliphatic hydroxyl groups is 1. The largest absolute Gasteiger partial charge is 0.392 e. The molecule has 2 N–H and O–H groups in total. The molecule has 0 aliphatic heterocycles. The maximum atomic E-state index is 9.35. The van der Waals surface area contributed by atoms with E-state index in [1.54, 1.807) is 6.92 Å². The molecule has 2 unspecified atom stereocenters. The molecular weight excluding hydrogens is 198 g/mol. The molecule has 1 aromatic rings. The van der Waals surface area contributed by atoms with E-state index in [1.165, 1.54) is 11.1 Å². The summed E-state index contributed by atoms with van der Waals surface area (Å²) >= 11 is 0. The van der Waals surface area contributed by atoms with Crippen LogP contribution in [0.4, 0.5) is 0 Å². The van der Waals surface area contributed by atoms with Crippen molar-refractivity contribution in [2.75, 3.05) is 0 Å². The number of hydrogen-bond acceptors (Lipinski definition) is 2. The lowest BCUT2D eigenvalue weighted by molar-refractivity contribution is 0.152. The minimum Gasteiger partial charge on any atom is -0.392 e. The zero-order valence-corrected chi connectivity index (χ0v) is 10.7. The third kappa shape index (κ3) is 3.95. The molecule has 0 saturated heterocycles. The molecule has 0 aromatic heterocycles. The normalized spacial score (nSPS) is 15.1. The minimum atomic E-state index is -0.310. The molecule has 0 spiro atoms. The highest BCUT2D eigenvalue weighted by atomic mass is 16.3. The average Bonchev–Trinajstić information content (AvgIpc) is 2.26. The summed E-state index contributed by atoms with van der Waals surface area (Å²) in [4.78, 5) is 0. The number of rotatable bonds is 5. The molecule has 0 aliphatic carbocycles. The van der Waals surface area contributed by atoms with Gasteiger partial charge in [-0.1, -0.05) is 38.1 Å². The number of aliphatic hydroxyl groups excluding tert-OH is 1. The summed E-state index contributed by atoms with van der Waals surface area (Å²) in [5, 5.41) is 12.7. The molecule has 2 nitrogen and oxygen atoms in total. The first kappa shape index (κ1) is 13.2. The van der Waals surface area contributed by atoms with Crippen molar-refractivity contribution >= 4 is 0 Å². The van der Waals surface area contributed by atoms with E-state index in [4.69, 9.17) is 0 Å². The number of nitrogens with one attached hydrogen (secondary N) is 1. The predicted molar refractivity (Wildman–Crippen MR) is 68.5 cm³/mol. The van der Waals surface area contributed by atoms with Gasteiger partial charge in [0.2, 0.25) is 0 Å². The molecule has 0 bridgehead atoms. The Morgan fingerprint density at radius 2 is 1.62 bits per heavy atom. The summed E-state index contributed by atoms with van der Waals surface area (Å²) in [5.74, 6) is 0.582. The molecule has 0 amide bonds. The van der Waals surface area contributed by atoms with Gasteiger partial charge in [-0.15, -0.1) is 0 Å². The Hall–Kier alpha value is -0.860. The van der Waals surface area contributed by atoms with Crippen molar-refractivity contribution in [2.45, 2.75) is 52.3 Å². The van der Waals surface area contributed by atoms with E-state index >= 15 is 0 Å². The van der Waals surface area contributed by atoms with Gasteiger partial charge in [-0.25, -0.2) is 0 Å². The van der Waals surface area contributed by atoms with Crippen LogP contribution in [0.3, 0.4) is 0 Å². The van der Waals surface area contributed by atoms with Crippen molar-refractivity contribution in [3.63, 3.8) is 0 Å². The van der Waals surface area contributed by atoms with Gasteiger partial charge in [-0.05, 0) is 30.9 Å². The quantitative estimate of drug-likeness (QED) is 0.801. The van der Waals surface area contributed by atoms with Crippen LogP contribution < -0.4 is 5.32 Å². The van der Waals surface area contributed by atoms with Gasteiger partial charge >= 0.3 is 0 Å². The second-order valence-corrected chi connectivity index (χ2v) is 4.81. The molecule has 2 atom stereocenters. The highest BCUT2D eigenvalue weighted by molar-refractivity contribution is 5.24. The summed E-state index contributed by atoms with van der Waals surface area (Å²) in [6.07, 6.45) is -0.310. The van der Waals surface area contributed by atoms with Crippen molar-refractivity contribution in [3.05, 3.63) is 35.4 Å². The van der Waals surface area contributed by atoms with Crippen LogP contribution in [0.5, 0.6) is 0 Å². The maximum Gasteiger partial charge on any atom is 0.0662 e. The first-order chi connectivity index (χ1) is 7.50. The van der Waals surface area contributed by atoms with Crippen LogP contribution in [-0.4, -0.2) is 17.3 Å². The number of hydrogen-bond donors (Lipinski definition) is 2. The van der Waals surface area contributed by atoms with Crippen molar-refractivity contribution in [1.29, 1.82) is 0 Å². The number of benzene rings is 1. The molecule has 90 valence electrons. The lowest BCUT2D eigenvalue weighted by Gasteiger charge is -2.16. The highest BCUT2D eigenvalue weighted by Gasteiger charge is 2.07. The molecule has 1 rings (SSSR count). The van der Waals surface area contributed by atoms with Gasteiger partial charge in [0.1, 0.15) is 0 Å². The van der Waals surface area contributed by atoms with E-state index < -0.39 is 0 Å². The third-order valence-electron chi connectivity index (χ3n) is 3.00. The molecule has 0 heterocycles. The Bertz CT molecular complexity index is 303. The van der Waals surface area contributed by atoms with Crippen LogP contribution in [0, 0.1) is 0 Å². The second-order valence-electron chi connectivity index (χ2n) is 4.81. The van der Waals surface area contributed by atoms with Gasteiger partial charge in [-0.3, -0.25) is 0 Å². The lowest BCUT2D eigenvalue weighted by atomic mass is 10.0. The van der Waals surface area contributed by atoms with Crippen LogP contribution in [0.2, 0.25) is 0 Å². The topological polar surface area (TPSA) is 32.3 Å². The van der Waals surface area contributed by atoms with Gasteiger partial charge < -0.3 is 10.4 Å². The van der Waals surface area contributed by atoms with Crippen molar-refractivity contribution in [1.82, 2.24) is 5.32 Å². The summed E-state index contributed by atoms with van der Waals surface area (Å²) in [7, 11) is 0. The Kier molecular flexibility index (Phi) is 4.97. The zero-order valence-electron chi connectivity index (χ0n) is 10.7. The summed E-state index contributed by atoms with van der Waals surface area (Å²) in [5.41, 5.74) is 2.63. The van der Waals surface area contributed by atoms with E-state index in [0.29, 0.717) is 5.92 Å². The van der Waals surface area contributed by atoms with E-state index in [1.807, 2.05) is 6.92 Å². The Labute approximate surface area is 98.7 Å². The third-order valence-corrected chi connectivity index (χ3v) is 3.00. The predicted octanol–water partition coefficient (Wildman–Crippen LogP) is 2.67. The van der Waals surface area contributed by atoms with Crippen LogP contribution in [-0.2, 0) is 6.54 Å². The van der Waals surface area contributed by atoms with Crippen molar-refractivity contribution in [2.24, 2.45) is 0 Å². The molecule has 0 saturated carbocycles. The molecule has 1 aromatic carbocycles. The summed E-state index contributed by atoms with van der Waals surface area (Å²) in [6, 6.07) is 8.78. The zero-order chi connectivity index (χ0) is 12.1. The second kappa shape index (κ2) is 6.02. The van der Waals surface area contributed by atoms with E-state index in [0.717, 1.165) is 6.54 Å². The lowest BCUT2D eigenvalue weighted by Crippen LogP contribution is -2.34. The van der Waals surface area contributed by atoms with E-state index in [2.05, 4.69) is 43.4 Å². The first-order valence-corrected chi connectivity index (χ1v) is 6.01. The molecular formula is C14H23NO. The van der Waals surface area contributed by atoms with Gasteiger partial charge in [-0.2, -0.15) is 0 Å². The minimum absolute atomic E-state index is 0.129. The molecule has 0 fully saturated rings. The maximum absolute atomic E-state index is 9.35. The highest BCUT2D eigenvalue weighted by Crippen LogP contribution is 2.14. The van der Waals surface area contributed by atoms with Crippen LogP contribution in [0.25, 0.3) is 0 Å². The van der Waals surface area contributed by atoms with E-state index in [-0.39, 0.29) is 12.1 Å². The molecule has 2 heteroatoms. The van der Waals surface area contributed by atoms with Crippen LogP contribution >= 0.6 is 0 Å². The smallest absolute Gasteiger partial charge is 0.0662 e.